The number of carbonyl (C=O) groups excluding carboxylic acids is 1. The van der Waals surface area contributed by atoms with E-state index in [1.54, 1.807) is 25.2 Å². The fourth-order valence-electron chi connectivity index (χ4n) is 3.30. The van der Waals surface area contributed by atoms with Crippen molar-refractivity contribution < 1.29 is 14.7 Å². The largest absolute Gasteiger partial charge is 0.480 e. The summed E-state index contributed by atoms with van der Waals surface area (Å²) in [7, 11) is 0. The molecule has 158 valence electrons. The first-order valence-electron chi connectivity index (χ1n) is 9.85. The van der Waals surface area contributed by atoms with Gasteiger partial charge in [-0.05, 0) is 25.3 Å². The van der Waals surface area contributed by atoms with Gasteiger partial charge in [0.05, 0.1) is 5.39 Å². The summed E-state index contributed by atoms with van der Waals surface area (Å²) < 4.78 is 0. The molecule has 0 bridgehead atoms. The van der Waals surface area contributed by atoms with Crippen molar-refractivity contribution in [1.82, 2.24) is 15.3 Å². The van der Waals surface area contributed by atoms with Crippen LogP contribution in [0.1, 0.15) is 30.7 Å². The molecule has 1 unspecified atom stereocenters. The van der Waals surface area contributed by atoms with Crippen LogP contribution in [0.5, 0.6) is 0 Å². The number of carboxylic acids is 1. The minimum Gasteiger partial charge on any atom is -0.480 e. The average molecular weight is 427 g/mol. The maximum absolute atomic E-state index is 12.2. The van der Waals surface area contributed by atoms with E-state index in [0.717, 1.165) is 26.2 Å². The molecule has 0 saturated carbocycles. The van der Waals surface area contributed by atoms with E-state index in [1.807, 2.05) is 0 Å². The Kier molecular flexibility index (Phi) is 6.66. The molecule has 0 aliphatic rings. The van der Waals surface area contributed by atoms with Gasteiger partial charge in [-0.3, -0.25) is 4.79 Å². The van der Waals surface area contributed by atoms with Crippen LogP contribution < -0.4 is 10.6 Å². The van der Waals surface area contributed by atoms with Gasteiger partial charge in [-0.25, -0.2) is 14.8 Å². The van der Waals surface area contributed by atoms with Gasteiger partial charge in [0.25, 0.3) is 0 Å². The summed E-state index contributed by atoms with van der Waals surface area (Å²) in [4.78, 5) is 34.3. The molecular weight excluding hydrogens is 400 g/mol. The maximum atomic E-state index is 12.2. The van der Waals surface area contributed by atoms with Crippen LogP contribution in [-0.2, 0) is 9.59 Å². The molecule has 3 rings (SSSR count). The molecule has 0 radical (unpaired) electrons. The standard InChI is InChI=1S/C22H26N4O3S/c1-12(2)19(22(28)29)26-16(27)9-10-23-20-18-17(15-7-5-13(3)6-8-15)14(4)30-21(18)25-11-24-20/h5-8,11-12,19H,9-10H2,1-4H3,(H,26,27)(H,28,29)(H,23,24,25). The van der Waals surface area contributed by atoms with Crippen molar-refractivity contribution >= 4 is 39.2 Å². The summed E-state index contributed by atoms with van der Waals surface area (Å²) in [5.41, 5.74) is 3.38. The monoisotopic (exact) mass is 426 g/mol. The number of thiophene rings is 1. The van der Waals surface area contributed by atoms with E-state index in [4.69, 9.17) is 0 Å². The lowest BCUT2D eigenvalue weighted by molar-refractivity contribution is -0.143. The summed E-state index contributed by atoms with van der Waals surface area (Å²) in [6.45, 7) is 7.99. The number of carbonyl (C=O) groups is 2. The molecule has 1 atom stereocenters. The third kappa shape index (κ3) is 4.76. The molecule has 0 aliphatic carbocycles. The summed E-state index contributed by atoms with van der Waals surface area (Å²) in [6, 6.07) is 7.44. The van der Waals surface area contributed by atoms with Gasteiger partial charge in [-0.1, -0.05) is 43.7 Å². The number of benzene rings is 1. The number of aromatic nitrogens is 2. The van der Waals surface area contributed by atoms with Gasteiger partial charge in [0.15, 0.2) is 0 Å². The molecule has 7 nitrogen and oxygen atoms in total. The molecule has 0 spiro atoms. The number of hydrogen-bond donors (Lipinski definition) is 3. The van der Waals surface area contributed by atoms with Gasteiger partial charge < -0.3 is 15.7 Å². The molecule has 1 aromatic carbocycles. The zero-order valence-electron chi connectivity index (χ0n) is 17.5. The number of carboxylic acid groups (broad SMARTS) is 1. The van der Waals surface area contributed by atoms with Crippen LogP contribution in [0.3, 0.4) is 0 Å². The molecule has 2 aromatic heterocycles. The van der Waals surface area contributed by atoms with Gasteiger partial charge in [0.2, 0.25) is 5.91 Å². The van der Waals surface area contributed by atoms with Gasteiger partial charge in [0, 0.05) is 23.4 Å². The van der Waals surface area contributed by atoms with Crippen LogP contribution in [0.15, 0.2) is 30.6 Å². The topological polar surface area (TPSA) is 104 Å². The minimum atomic E-state index is -1.03. The van der Waals surface area contributed by atoms with Crippen LogP contribution in [0, 0.1) is 19.8 Å². The lowest BCUT2D eigenvalue weighted by Gasteiger charge is -2.18. The molecule has 2 heterocycles. The highest BCUT2D eigenvalue weighted by Crippen LogP contribution is 2.40. The first-order valence-corrected chi connectivity index (χ1v) is 10.7. The van der Waals surface area contributed by atoms with Crippen LogP contribution in [0.4, 0.5) is 5.82 Å². The number of rotatable bonds is 8. The van der Waals surface area contributed by atoms with E-state index in [-0.39, 0.29) is 18.2 Å². The summed E-state index contributed by atoms with van der Waals surface area (Å²) >= 11 is 1.61. The molecule has 1 amide bonds. The fourth-order valence-corrected chi connectivity index (χ4v) is 4.31. The number of fused-ring (bicyclic) bond motifs is 1. The lowest BCUT2D eigenvalue weighted by Crippen LogP contribution is -2.44. The van der Waals surface area contributed by atoms with Gasteiger partial charge >= 0.3 is 5.97 Å². The third-order valence-electron chi connectivity index (χ3n) is 4.90. The van der Waals surface area contributed by atoms with Crippen molar-refractivity contribution in [2.75, 3.05) is 11.9 Å². The van der Waals surface area contributed by atoms with Crippen molar-refractivity contribution in [3.63, 3.8) is 0 Å². The first-order chi connectivity index (χ1) is 14.3. The molecule has 0 fully saturated rings. The normalized spacial score (nSPS) is 12.2. The van der Waals surface area contributed by atoms with Crippen LogP contribution in [0.25, 0.3) is 21.3 Å². The number of aryl methyl sites for hydroxylation is 2. The van der Waals surface area contributed by atoms with E-state index in [1.165, 1.54) is 11.9 Å². The highest BCUT2D eigenvalue weighted by molar-refractivity contribution is 7.19. The number of aliphatic carboxylic acids is 1. The second-order valence-electron chi connectivity index (χ2n) is 7.61. The number of hydrogen-bond acceptors (Lipinski definition) is 6. The predicted octanol–water partition coefficient (Wildman–Crippen LogP) is 4.00. The Morgan fingerprint density at radius 3 is 2.47 bits per heavy atom. The predicted molar refractivity (Wildman–Crippen MR) is 120 cm³/mol. The zero-order valence-corrected chi connectivity index (χ0v) is 18.3. The molecule has 30 heavy (non-hydrogen) atoms. The number of nitrogens with zero attached hydrogens (tertiary/aromatic N) is 2. The number of anilines is 1. The molecule has 8 heteroatoms. The van der Waals surface area contributed by atoms with Crippen molar-refractivity contribution in [2.24, 2.45) is 5.92 Å². The lowest BCUT2D eigenvalue weighted by atomic mass is 10.0. The van der Waals surface area contributed by atoms with Gasteiger partial charge in [0.1, 0.15) is 23.0 Å². The second kappa shape index (κ2) is 9.21. The van der Waals surface area contributed by atoms with Crippen LogP contribution in [-0.4, -0.2) is 39.5 Å². The third-order valence-corrected chi connectivity index (χ3v) is 5.91. The van der Waals surface area contributed by atoms with Gasteiger partial charge in [-0.2, -0.15) is 0 Å². The van der Waals surface area contributed by atoms with E-state index in [9.17, 15) is 14.7 Å². The summed E-state index contributed by atoms with van der Waals surface area (Å²) in [5, 5.41) is 16.0. The van der Waals surface area contributed by atoms with Crippen LogP contribution >= 0.6 is 11.3 Å². The van der Waals surface area contributed by atoms with E-state index >= 15 is 0 Å². The first kappa shape index (κ1) is 21.7. The highest BCUT2D eigenvalue weighted by Gasteiger charge is 2.23. The van der Waals surface area contributed by atoms with Crippen molar-refractivity contribution in [1.29, 1.82) is 0 Å². The van der Waals surface area contributed by atoms with E-state index in [0.29, 0.717) is 12.4 Å². The minimum absolute atomic E-state index is 0.144. The average Bonchev–Trinajstić information content (AvgIpc) is 3.03. The smallest absolute Gasteiger partial charge is 0.326 e. The number of amides is 1. The fraction of sp³-hybridized carbons (Fsp3) is 0.364. The zero-order chi connectivity index (χ0) is 21.8. The van der Waals surface area contributed by atoms with Crippen molar-refractivity contribution in [3.05, 3.63) is 41.0 Å². The van der Waals surface area contributed by atoms with Gasteiger partial charge in [-0.15, -0.1) is 11.3 Å². The Labute approximate surface area is 179 Å². The molecule has 0 aliphatic heterocycles. The second-order valence-corrected chi connectivity index (χ2v) is 8.81. The summed E-state index contributed by atoms with van der Waals surface area (Å²) in [5.74, 6) is -0.854. The molecule has 3 aromatic rings. The Hall–Kier alpha value is -3.00. The number of nitrogens with one attached hydrogen (secondary N) is 2. The highest BCUT2D eigenvalue weighted by atomic mass is 32.1. The maximum Gasteiger partial charge on any atom is 0.326 e. The Morgan fingerprint density at radius 1 is 1.13 bits per heavy atom. The van der Waals surface area contributed by atoms with Crippen LogP contribution in [0.2, 0.25) is 0 Å². The SMILES string of the molecule is Cc1ccc(-c2c(C)sc3ncnc(NCCC(=O)NC(C(=O)O)C(C)C)c23)cc1. The quantitative estimate of drug-likeness (QED) is 0.503. The summed E-state index contributed by atoms with van der Waals surface area (Å²) in [6.07, 6.45) is 1.66. The van der Waals surface area contributed by atoms with E-state index in [2.05, 4.69) is 58.7 Å². The van der Waals surface area contributed by atoms with Crippen molar-refractivity contribution in [2.45, 2.75) is 40.2 Å². The van der Waals surface area contributed by atoms with E-state index < -0.39 is 12.0 Å². The Balaban J connectivity index is 1.78. The molecule has 3 N–H and O–H groups in total. The Bertz CT molecular complexity index is 1060. The molecule has 0 saturated heterocycles. The molecular formula is C22H26N4O3S. The Morgan fingerprint density at radius 2 is 1.83 bits per heavy atom. The van der Waals surface area contributed by atoms with Crippen molar-refractivity contribution in [3.8, 4) is 11.1 Å².